The molecule has 1 heterocycles. The van der Waals surface area contributed by atoms with E-state index in [-0.39, 0.29) is 5.56 Å². The molecule has 5 nitrogen and oxygen atoms in total. The van der Waals surface area contributed by atoms with Crippen LogP contribution in [0.2, 0.25) is 0 Å². The Morgan fingerprint density at radius 1 is 1.15 bits per heavy atom. The van der Waals surface area contributed by atoms with Gasteiger partial charge in [0.2, 0.25) is 0 Å². The highest BCUT2D eigenvalue weighted by molar-refractivity contribution is 6.61. The van der Waals surface area contributed by atoms with Crippen molar-refractivity contribution in [2.24, 2.45) is 0 Å². The van der Waals surface area contributed by atoms with Crippen molar-refractivity contribution >= 4 is 18.6 Å². The van der Waals surface area contributed by atoms with Gasteiger partial charge in [-0.1, -0.05) is 6.07 Å². The van der Waals surface area contributed by atoms with Crippen molar-refractivity contribution in [3.8, 4) is 11.5 Å². The molecule has 0 bridgehead atoms. The van der Waals surface area contributed by atoms with Gasteiger partial charge in [0.15, 0.2) is 0 Å². The van der Waals surface area contributed by atoms with Gasteiger partial charge in [-0.2, -0.15) is 0 Å². The topological polar surface area (TPSA) is 76.0 Å². The summed E-state index contributed by atoms with van der Waals surface area (Å²) in [5.41, 5.74) is 1.84. The van der Waals surface area contributed by atoms with Crippen molar-refractivity contribution in [3.05, 3.63) is 53.6 Å². The average Bonchev–Trinajstić information content (AvgIpc) is 2.81. The van der Waals surface area contributed by atoms with Crippen LogP contribution in [-0.4, -0.2) is 23.2 Å². The van der Waals surface area contributed by atoms with E-state index < -0.39 is 13.1 Å². The molecule has 2 aromatic carbocycles. The van der Waals surface area contributed by atoms with E-state index in [1.54, 1.807) is 24.3 Å². The molecule has 0 atom stereocenters. The van der Waals surface area contributed by atoms with E-state index in [1.165, 1.54) is 12.1 Å². The Morgan fingerprint density at radius 2 is 1.85 bits per heavy atom. The summed E-state index contributed by atoms with van der Waals surface area (Å²) >= 11 is 0. The van der Waals surface area contributed by atoms with Gasteiger partial charge in [0.25, 0.3) is 0 Å². The molecule has 0 spiro atoms. The van der Waals surface area contributed by atoms with Gasteiger partial charge >= 0.3 is 13.1 Å². The third kappa shape index (κ3) is 2.39. The fourth-order valence-electron chi connectivity index (χ4n) is 2.06. The third-order valence-electron chi connectivity index (χ3n) is 3.12. The summed E-state index contributed by atoms with van der Waals surface area (Å²) in [5.74, 6) is 0.120. The molecule has 6 heteroatoms. The second kappa shape index (κ2) is 4.99. The van der Waals surface area contributed by atoms with Crippen molar-refractivity contribution in [2.75, 3.05) is 0 Å². The van der Waals surface area contributed by atoms with Crippen LogP contribution in [0.25, 0.3) is 0 Å². The summed E-state index contributed by atoms with van der Waals surface area (Å²) in [4.78, 5) is 10.8. The molecular formula is C14H11BO5. The molecule has 0 fully saturated rings. The smallest absolute Gasteiger partial charge is 0.478 e. The molecule has 0 aromatic heterocycles. The van der Waals surface area contributed by atoms with Gasteiger partial charge in [0.05, 0.1) is 12.2 Å². The predicted octanol–water partition coefficient (Wildman–Crippen LogP) is 1.39. The number of benzene rings is 2. The zero-order chi connectivity index (χ0) is 14.1. The molecule has 3 rings (SSSR count). The largest absolute Gasteiger partial charge is 0.491 e. The maximum absolute atomic E-state index is 10.8. The zero-order valence-corrected chi connectivity index (χ0v) is 10.4. The Balaban J connectivity index is 1.81. The number of fused-ring (bicyclic) bond motifs is 1. The van der Waals surface area contributed by atoms with Crippen molar-refractivity contribution in [2.45, 2.75) is 6.61 Å². The minimum atomic E-state index is -0.977. The highest BCUT2D eigenvalue weighted by Crippen LogP contribution is 2.23. The first-order valence-corrected chi connectivity index (χ1v) is 6.07. The lowest BCUT2D eigenvalue weighted by atomic mass is 9.79. The summed E-state index contributed by atoms with van der Waals surface area (Å²) in [6.45, 7) is 0.393. The average molecular weight is 270 g/mol. The van der Waals surface area contributed by atoms with Crippen molar-refractivity contribution < 1.29 is 24.3 Å². The highest BCUT2D eigenvalue weighted by atomic mass is 16.5. The minimum Gasteiger partial charge on any atom is -0.478 e. The van der Waals surface area contributed by atoms with E-state index in [4.69, 9.17) is 14.5 Å². The first-order chi connectivity index (χ1) is 9.63. The van der Waals surface area contributed by atoms with Crippen molar-refractivity contribution in [3.63, 3.8) is 0 Å². The molecule has 2 N–H and O–H groups in total. The first kappa shape index (κ1) is 12.7. The van der Waals surface area contributed by atoms with Crippen LogP contribution in [0.4, 0.5) is 0 Å². The Kier molecular flexibility index (Phi) is 3.18. The highest BCUT2D eigenvalue weighted by Gasteiger charge is 2.27. The number of aromatic carboxylic acids is 1. The normalized spacial score (nSPS) is 13.2. The lowest BCUT2D eigenvalue weighted by molar-refractivity contribution is 0.0697. The van der Waals surface area contributed by atoms with E-state index in [0.29, 0.717) is 23.6 Å². The molecule has 1 aliphatic heterocycles. The Hall–Kier alpha value is -2.31. The molecule has 0 unspecified atom stereocenters. The number of carboxylic acids is 1. The summed E-state index contributed by atoms with van der Waals surface area (Å²) in [6, 6.07) is 11.5. The minimum absolute atomic E-state index is 0.204. The molecule has 0 radical (unpaired) electrons. The van der Waals surface area contributed by atoms with Gasteiger partial charge in [0, 0.05) is 0 Å². The Morgan fingerprint density at radius 3 is 2.55 bits per heavy atom. The summed E-state index contributed by atoms with van der Waals surface area (Å²) < 4.78 is 10.7. The van der Waals surface area contributed by atoms with Gasteiger partial charge in [-0.15, -0.1) is 0 Å². The number of ether oxygens (including phenoxy) is 1. The molecule has 2 aromatic rings. The molecule has 1 aliphatic rings. The summed E-state index contributed by atoms with van der Waals surface area (Å²) in [5, 5.41) is 18.4. The maximum atomic E-state index is 10.8. The van der Waals surface area contributed by atoms with Gasteiger partial charge in [-0.3, -0.25) is 0 Å². The van der Waals surface area contributed by atoms with Crippen LogP contribution in [0, 0.1) is 0 Å². The molecule has 0 amide bonds. The van der Waals surface area contributed by atoms with Gasteiger partial charge in [-0.25, -0.2) is 4.79 Å². The fourth-order valence-corrected chi connectivity index (χ4v) is 2.06. The number of rotatable bonds is 3. The van der Waals surface area contributed by atoms with Crippen molar-refractivity contribution in [1.82, 2.24) is 0 Å². The number of hydrogen-bond donors (Lipinski definition) is 2. The monoisotopic (exact) mass is 270 g/mol. The lowest BCUT2D eigenvalue weighted by Gasteiger charge is -2.07. The van der Waals surface area contributed by atoms with Crippen molar-refractivity contribution in [1.29, 1.82) is 0 Å². The van der Waals surface area contributed by atoms with Crippen LogP contribution in [0.3, 0.4) is 0 Å². The first-order valence-electron chi connectivity index (χ1n) is 6.07. The maximum Gasteiger partial charge on any atom is 0.491 e. The SMILES string of the molecule is O=C(O)c1ccc(Oc2ccc3c(c2)B(O)OC3)cc1. The summed E-state index contributed by atoms with van der Waals surface area (Å²) in [6.07, 6.45) is 0. The third-order valence-corrected chi connectivity index (χ3v) is 3.12. The van der Waals surface area contributed by atoms with E-state index in [9.17, 15) is 9.82 Å². The fraction of sp³-hybridized carbons (Fsp3) is 0.0714. The van der Waals surface area contributed by atoms with E-state index in [1.807, 2.05) is 6.07 Å². The molecule has 0 saturated heterocycles. The molecule has 20 heavy (non-hydrogen) atoms. The Labute approximate surface area is 115 Å². The van der Waals surface area contributed by atoms with E-state index >= 15 is 0 Å². The number of carbonyl (C=O) groups is 1. The molecule has 0 aliphatic carbocycles. The molecule has 0 saturated carbocycles. The second-order valence-electron chi connectivity index (χ2n) is 4.46. The second-order valence-corrected chi connectivity index (χ2v) is 4.46. The lowest BCUT2D eigenvalue weighted by Crippen LogP contribution is -2.27. The van der Waals surface area contributed by atoms with Gasteiger partial charge < -0.3 is 19.5 Å². The molecule has 100 valence electrons. The van der Waals surface area contributed by atoms with Crippen LogP contribution in [0.15, 0.2) is 42.5 Å². The zero-order valence-electron chi connectivity index (χ0n) is 10.4. The Bertz CT molecular complexity index is 653. The number of carboxylic acid groups (broad SMARTS) is 1. The van der Waals surface area contributed by atoms with E-state index in [0.717, 1.165) is 5.56 Å². The van der Waals surface area contributed by atoms with Crippen LogP contribution >= 0.6 is 0 Å². The van der Waals surface area contributed by atoms with Crippen LogP contribution in [-0.2, 0) is 11.3 Å². The van der Waals surface area contributed by atoms with Gasteiger partial charge in [0.1, 0.15) is 11.5 Å². The van der Waals surface area contributed by atoms with E-state index in [2.05, 4.69) is 0 Å². The molecular weight excluding hydrogens is 259 g/mol. The standard InChI is InChI=1S/C14H11BO5/c16-14(17)9-1-4-11(5-2-9)20-12-6-3-10-8-19-15(18)13(10)7-12/h1-7,18H,8H2,(H,16,17). The van der Waals surface area contributed by atoms with Crippen LogP contribution in [0.5, 0.6) is 11.5 Å². The quantitative estimate of drug-likeness (QED) is 0.824. The van der Waals surface area contributed by atoms with Crippen LogP contribution in [0.1, 0.15) is 15.9 Å². The summed E-state index contributed by atoms with van der Waals surface area (Å²) in [7, 11) is -0.914. The van der Waals surface area contributed by atoms with Gasteiger partial charge in [-0.05, 0) is 47.4 Å². The predicted molar refractivity (Wildman–Crippen MR) is 72.3 cm³/mol. The number of hydrogen-bond acceptors (Lipinski definition) is 4. The van der Waals surface area contributed by atoms with Crippen LogP contribution < -0.4 is 10.2 Å².